The van der Waals surface area contributed by atoms with Crippen molar-refractivity contribution in [1.29, 1.82) is 0 Å². The van der Waals surface area contributed by atoms with Crippen LogP contribution in [0.3, 0.4) is 0 Å². The first-order valence-corrected chi connectivity index (χ1v) is 14.4. The van der Waals surface area contributed by atoms with E-state index in [9.17, 15) is 18.8 Å². The van der Waals surface area contributed by atoms with Gasteiger partial charge < -0.3 is 30.9 Å². The summed E-state index contributed by atoms with van der Waals surface area (Å²) in [6, 6.07) is 5.76. The van der Waals surface area contributed by atoms with E-state index in [0.717, 1.165) is 0 Å². The highest BCUT2D eigenvalue weighted by atomic mass is 35.5. The SMILES string of the molecule is CN[C@@H](C)C(=O)N[C@H](C(=O)N1CCC[C@H]1C(=O)Nc1cc2c(Nc3cccc(Cl)c3F)ncnc2cc1OC)C(C)(C)C. The molecule has 1 aliphatic rings. The fraction of sp³-hybridized carbons (Fsp3) is 0.433. The molecule has 4 rings (SSSR count). The third-order valence-electron chi connectivity index (χ3n) is 7.48. The van der Waals surface area contributed by atoms with Crippen molar-refractivity contribution < 1.29 is 23.5 Å². The molecule has 0 radical (unpaired) electrons. The molecule has 1 aliphatic heterocycles. The van der Waals surface area contributed by atoms with Gasteiger partial charge in [0.05, 0.1) is 35.1 Å². The Bertz CT molecular complexity index is 1530. The Kier molecular flexibility index (Phi) is 9.71. The molecule has 2 aromatic carbocycles. The maximum Gasteiger partial charge on any atom is 0.247 e. The Hall–Kier alpha value is -4.03. The summed E-state index contributed by atoms with van der Waals surface area (Å²) in [6.07, 6.45) is 2.41. The van der Waals surface area contributed by atoms with Crippen molar-refractivity contribution in [3.63, 3.8) is 0 Å². The summed E-state index contributed by atoms with van der Waals surface area (Å²) in [4.78, 5) is 50.2. The van der Waals surface area contributed by atoms with Crippen molar-refractivity contribution in [3.05, 3.63) is 47.5 Å². The predicted molar refractivity (Wildman–Crippen MR) is 164 cm³/mol. The first kappa shape index (κ1) is 31.9. The van der Waals surface area contributed by atoms with Gasteiger partial charge in [0.1, 0.15) is 30.0 Å². The Morgan fingerprint density at radius 1 is 1.16 bits per heavy atom. The van der Waals surface area contributed by atoms with Gasteiger partial charge >= 0.3 is 0 Å². The average Bonchev–Trinajstić information content (AvgIpc) is 3.47. The molecule has 1 saturated heterocycles. The Morgan fingerprint density at radius 2 is 1.91 bits per heavy atom. The highest BCUT2D eigenvalue weighted by Gasteiger charge is 2.42. The van der Waals surface area contributed by atoms with Gasteiger partial charge in [0.15, 0.2) is 5.82 Å². The number of hydrogen-bond donors (Lipinski definition) is 4. The number of carbonyl (C=O) groups is 3. The number of halogens is 2. The summed E-state index contributed by atoms with van der Waals surface area (Å²) >= 11 is 5.94. The Labute approximate surface area is 254 Å². The van der Waals surface area contributed by atoms with Crippen LogP contribution in [0.4, 0.5) is 21.6 Å². The summed E-state index contributed by atoms with van der Waals surface area (Å²) in [5, 5.41) is 12.0. The fourth-order valence-electron chi connectivity index (χ4n) is 4.91. The van der Waals surface area contributed by atoms with Crippen LogP contribution in [0.15, 0.2) is 36.7 Å². The summed E-state index contributed by atoms with van der Waals surface area (Å²) in [6.45, 7) is 7.69. The van der Waals surface area contributed by atoms with Crippen molar-refractivity contribution in [2.45, 2.75) is 58.7 Å². The van der Waals surface area contributed by atoms with E-state index in [1.54, 1.807) is 32.2 Å². The number of likely N-dealkylation sites (tertiary alicyclic amines) is 1. The van der Waals surface area contributed by atoms with Crippen LogP contribution in [0.25, 0.3) is 10.9 Å². The molecule has 3 amide bonds. The van der Waals surface area contributed by atoms with Crippen LogP contribution >= 0.6 is 11.6 Å². The van der Waals surface area contributed by atoms with Crippen molar-refractivity contribution in [2.75, 3.05) is 31.3 Å². The first-order valence-electron chi connectivity index (χ1n) is 14.0. The largest absolute Gasteiger partial charge is 0.494 e. The topological polar surface area (TPSA) is 138 Å². The van der Waals surface area contributed by atoms with Gasteiger partial charge in [-0.15, -0.1) is 0 Å². The van der Waals surface area contributed by atoms with Gasteiger partial charge in [0, 0.05) is 18.0 Å². The monoisotopic (exact) mass is 613 g/mol. The minimum atomic E-state index is -0.836. The third-order valence-corrected chi connectivity index (χ3v) is 7.78. The van der Waals surface area contributed by atoms with E-state index in [0.29, 0.717) is 47.5 Å². The Balaban J connectivity index is 1.61. The van der Waals surface area contributed by atoms with Gasteiger partial charge in [-0.2, -0.15) is 0 Å². The van der Waals surface area contributed by atoms with E-state index in [1.165, 1.54) is 30.5 Å². The van der Waals surface area contributed by atoms with E-state index in [2.05, 4.69) is 31.2 Å². The van der Waals surface area contributed by atoms with Crippen molar-refractivity contribution in [3.8, 4) is 5.75 Å². The van der Waals surface area contributed by atoms with Gasteiger partial charge in [0.2, 0.25) is 17.7 Å². The molecular formula is C30H37ClFN7O4. The molecule has 13 heteroatoms. The molecule has 0 bridgehead atoms. The third kappa shape index (κ3) is 6.97. The van der Waals surface area contributed by atoms with Crippen LogP contribution in [0.2, 0.25) is 5.02 Å². The van der Waals surface area contributed by atoms with Crippen LogP contribution in [-0.2, 0) is 14.4 Å². The number of hydrogen-bond acceptors (Lipinski definition) is 8. The lowest BCUT2D eigenvalue weighted by molar-refractivity contribution is -0.143. The number of rotatable bonds is 9. The molecule has 1 fully saturated rings. The number of anilines is 3. The number of amides is 3. The zero-order chi connectivity index (χ0) is 31.5. The smallest absolute Gasteiger partial charge is 0.247 e. The van der Waals surface area contributed by atoms with Gasteiger partial charge in [0.25, 0.3) is 0 Å². The summed E-state index contributed by atoms with van der Waals surface area (Å²) in [7, 11) is 3.13. The normalized spacial score (nSPS) is 16.5. The quantitative estimate of drug-likeness (QED) is 0.281. The molecule has 4 N–H and O–H groups in total. The average molecular weight is 614 g/mol. The standard InChI is InChI=1S/C30H37ClFN7O4/c1-16(33-5)27(40)38-25(30(2,3)4)29(42)39-12-8-11-22(39)28(41)37-21-13-17-20(14-23(21)43-6)34-15-35-26(17)36-19-10-7-9-18(31)24(19)32/h7,9-10,13-16,22,25,33H,8,11-12H2,1-6H3,(H,37,41)(H,38,40)(H,34,35,36)/t16-,22-,25+/m0/s1. The number of carbonyl (C=O) groups excluding carboxylic acids is 3. The summed E-state index contributed by atoms with van der Waals surface area (Å²) in [5.41, 5.74) is 0.343. The zero-order valence-corrected chi connectivity index (χ0v) is 25.8. The van der Waals surface area contributed by atoms with Crippen molar-refractivity contribution >= 4 is 57.4 Å². The van der Waals surface area contributed by atoms with Crippen LogP contribution in [0.1, 0.15) is 40.5 Å². The van der Waals surface area contributed by atoms with E-state index >= 15 is 0 Å². The number of aromatic nitrogens is 2. The number of benzene rings is 2. The molecule has 0 saturated carbocycles. The van der Waals surface area contributed by atoms with Crippen LogP contribution in [0.5, 0.6) is 5.75 Å². The van der Waals surface area contributed by atoms with Crippen molar-refractivity contribution in [2.24, 2.45) is 5.41 Å². The first-order chi connectivity index (χ1) is 20.3. The molecule has 43 heavy (non-hydrogen) atoms. The molecule has 11 nitrogen and oxygen atoms in total. The minimum Gasteiger partial charge on any atom is -0.494 e. The molecule has 3 atom stereocenters. The molecule has 0 aliphatic carbocycles. The fourth-order valence-corrected chi connectivity index (χ4v) is 5.08. The summed E-state index contributed by atoms with van der Waals surface area (Å²) < 4.78 is 20.2. The number of nitrogens with one attached hydrogen (secondary N) is 4. The Morgan fingerprint density at radius 3 is 2.58 bits per heavy atom. The van der Waals surface area contributed by atoms with Gasteiger partial charge in [-0.1, -0.05) is 38.4 Å². The lowest BCUT2D eigenvalue weighted by Gasteiger charge is -2.36. The van der Waals surface area contributed by atoms with Gasteiger partial charge in [-0.3, -0.25) is 14.4 Å². The zero-order valence-electron chi connectivity index (χ0n) is 25.0. The van der Waals surface area contributed by atoms with Crippen LogP contribution in [-0.4, -0.2) is 71.4 Å². The van der Waals surface area contributed by atoms with Crippen molar-refractivity contribution in [1.82, 2.24) is 25.5 Å². The maximum absolute atomic E-state index is 14.6. The maximum atomic E-state index is 14.6. The van der Waals surface area contributed by atoms with Crippen LogP contribution < -0.4 is 26.0 Å². The second kappa shape index (κ2) is 13.1. The highest BCUT2D eigenvalue weighted by Crippen LogP contribution is 2.35. The lowest BCUT2D eigenvalue weighted by Crippen LogP contribution is -2.59. The lowest BCUT2D eigenvalue weighted by atomic mass is 9.85. The number of methoxy groups -OCH3 is 1. The van der Waals surface area contributed by atoms with Gasteiger partial charge in [-0.05, 0) is 50.4 Å². The molecule has 230 valence electrons. The molecular weight excluding hydrogens is 577 g/mol. The van der Waals surface area contributed by atoms with E-state index in [1.807, 2.05) is 20.8 Å². The number of ether oxygens (including phenoxy) is 1. The number of fused-ring (bicyclic) bond motifs is 1. The number of nitrogens with zero attached hydrogens (tertiary/aromatic N) is 3. The minimum absolute atomic E-state index is 0.0431. The number of likely N-dealkylation sites (N-methyl/N-ethyl adjacent to an activating group) is 1. The van der Waals surface area contributed by atoms with E-state index < -0.39 is 35.3 Å². The second-order valence-electron chi connectivity index (χ2n) is 11.5. The highest BCUT2D eigenvalue weighted by molar-refractivity contribution is 6.31. The molecule has 1 aromatic heterocycles. The molecule has 2 heterocycles. The summed E-state index contributed by atoms with van der Waals surface area (Å²) in [5.74, 6) is -1.03. The predicted octanol–water partition coefficient (Wildman–Crippen LogP) is 4.24. The van der Waals surface area contributed by atoms with E-state index in [4.69, 9.17) is 16.3 Å². The van der Waals surface area contributed by atoms with Gasteiger partial charge in [-0.25, -0.2) is 14.4 Å². The second-order valence-corrected chi connectivity index (χ2v) is 11.9. The molecule has 0 spiro atoms. The molecule has 3 aromatic rings. The molecule has 0 unspecified atom stereocenters. The van der Waals surface area contributed by atoms with Crippen LogP contribution in [0, 0.1) is 11.2 Å². The van der Waals surface area contributed by atoms with E-state index in [-0.39, 0.29) is 22.5 Å².